The van der Waals surface area contributed by atoms with Crippen molar-refractivity contribution < 1.29 is 9.47 Å². The van der Waals surface area contributed by atoms with Crippen LogP contribution in [0.3, 0.4) is 0 Å². The summed E-state index contributed by atoms with van der Waals surface area (Å²) in [6.45, 7) is 1.24. The number of hydrogen-bond acceptors (Lipinski definition) is 6. The molecule has 0 atom stereocenters. The second-order valence-corrected chi connectivity index (χ2v) is 12.0. The smallest absolute Gasteiger partial charge is 0.142 e. The van der Waals surface area contributed by atoms with Crippen LogP contribution in [0.2, 0.25) is 0 Å². The molecule has 0 aliphatic heterocycles. The second-order valence-electron chi connectivity index (χ2n) is 12.0. The monoisotopic (exact) mass is 676 g/mol. The fourth-order valence-electron chi connectivity index (χ4n) is 6.36. The second kappa shape index (κ2) is 15.1. The molecule has 6 aromatic carbocycles. The topological polar surface area (TPSA) is 68.3 Å². The van der Waals surface area contributed by atoms with Gasteiger partial charge in [-0.3, -0.25) is 0 Å². The summed E-state index contributed by atoms with van der Waals surface area (Å²) in [6.07, 6.45) is 2.84. The number of aromatic nitrogens is 2. The van der Waals surface area contributed by atoms with E-state index in [1.54, 1.807) is 0 Å². The lowest BCUT2D eigenvalue weighted by Crippen LogP contribution is -2.04. The van der Waals surface area contributed by atoms with E-state index in [0.29, 0.717) is 13.2 Å². The number of rotatable bonds is 12. The third kappa shape index (κ3) is 6.84. The van der Waals surface area contributed by atoms with Crippen LogP contribution >= 0.6 is 12.4 Å². The number of fused-ring (bicyclic) bond motifs is 4. The average Bonchev–Trinajstić information content (AvgIpc) is 3.15. The molecule has 0 fully saturated rings. The van der Waals surface area contributed by atoms with E-state index in [1.165, 1.54) is 0 Å². The van der Waals surface area contributed by atoms with Gasteiger partial charge in [0.2, 0.25) is 0 Å². The van der Waals surface area contributed by atoms with Gasteiger partial charge in [0, 0.05) is 21.5 Å². The Labute approximate surface area is 297 Å². The molecule has 7 heteroatoms. The molecule has 0 spiro atoms. The van der Waals surface area contributed by atoms with E-state index in [2.05, 4.69) is 95.6 Å². The van der Waals surface area contributed by atoms with Crippen molar-refractivity contribution in [2.75, 3.05) is 23.8 Å². The number of unbranched alkanes of at least 4 members (excludes halogenated alkanes) is 2. The maximum absolute atomic E-state index is 6.32. The molecule has 8 aromatic rings. The first kappa shape index (κ1) is 32.7. The number of nitrogens with one attached hydrogen (secondary N) is 2. The molecule has 2 N–H and O–H groups in total. The summed E-state index contributed by atoms with van der Waals surface area (Å²) in [5, 5.41) is 11.7. The van der Waals surface area contributed by atoms with Crippen LogP contribution in [-0.4, -0.2) is 23.2 Å². The number of halogens is 1. The Morgan fingerprint density at radius 3 is 1.08 bits per heavy atom. The van der Waals surface area contributed by atoms with E-state index in [4.69, 9.17) is 19.4 Å². The molecule has 248 valence electrons. The Morgan fingerprint density at radius 2 is 0.700 bits per heavy atom. The zero-order valence-electron chi connectivity index (χ0n) is 27.5. The van der Waals surface area contributed by atoms with E-state index in [1.807, 2.05) is 60.7 Å². The minimum Gasteiger partial charge on any atom is -0.491 e. The lowest BCUT2D eigenvalue weighted by atomic mass is 10.1. The Kier molecular flexibility index (Phi) is 9.90. The standard InChI is InChI=1S/C43H36N4O2.ClH/c1(14-28-48-40-26-12-10-24-38(40)46-42-30-16-2-6-20-34(30)44-35-21-7-3-17-31(35)42)15-29-49-41-27-13-11-25-39(41)47-43-32-18-4-8-22-36(32)45-37-23-9-5-19-33(37)43;/h2-13,16-27H,1,14-15,28-29H2,(H,44,46)(H,45,47);1H. The van der Waals surface area contributed by atoms with E-state index in [9.17, 15) is 0 Å². The van der Waals surface area contributed by atoms with Crippen LogP contribution in [0.1, 0.15) is 19.3 Å². The van der Waals surface area contributed by atoms with Crippen LogP contribution in [0.4, 0.5) is 22.7 Å². The normalized spacial score (nSPS) is 11.0. The first-order chi connectivity index (χ1) is 24.3. The molecule has 0 bridgehead atoms. The third-order valence-electron chi connectivity index (χ3n) is 8.77. The summed E-state index contributed by atoms with van der Waals surface area (Å²) in [4.78, 5) is 9.73. The molecule has 6 nitrogen and oxygen atoms in total. The molecule has 0 saturated heterocycles. The molecule has 0 saturated carbocycles. The van der Waals surface area contributed by atoms with Crippen molar-refractivity contribution in [1.29, 1.82) is 0 Å². The number of pyridine rings is 2. The largest absolute Gasteiger partial charge is 0.491 e. The van der Waals surface area contributed by atoms with Crippen molar-refractivity contribution in [3.8, 4) is 11.5 Å². The minimum absolute atomic E-state index is 0. The maximum Gasteiger partial charge on any atom is 0.142 e. The fourth-order valence-corrected chi connectivity index (χ4v) is 6.36. The predicted octanol–water partition coefficient (Wildman–Crippen LogP) is 11.6. The predicted molar refractivity (Wildman–Crippen MR) is 210 cm³/mol. The third-order valence-corrected chi connectivity index (χ3v) is 8.77. The average molecular weight is 677 g/mol. The van der Waals surface area contributed by atoms with Gasteiger partial charge in [-0.2, -0.15) is 0 Å². The number of para-hydroxylation sites is 8. The molecule has 8 rings (SSSR count). The first-order valence-electron chi connectivity index (χ1n) is 16.8. The Morgan fingerprint density at radius 1 is 0.380 bits per heavy atom. The summed E-state index contributed by atoms with van der Waals surface area (Å²) in [5.41, 5.74) is 7.79. The highest BCUT2D eigenvalue weighted by molar-refractivity contribution is 6.10. The highest BCUT2D eigenvalue weighted by Crippen LogP contribution is 2.37. The van der Waals surface area contributed by atoms with E-state index < -0.39 is 0 Å². The number of nitrogens with zero attached hydrogens (tertiary/aromatic N) is 2. The number of ether oxygens (including phenoxy) is 2. The van der Waals surface area contributed by atoms with Gasteiger partial charge >= 0.3 is 0 Å². The zero-order valence-corrected chi connectivity index (χ0v) is 28.3. The van der Waals surface area contributed by atoms with Gasteiger partial charge < -0.3 is 20.1 Å². The molecule has 2 aromatic heterocycles. The molecular formula is C43H37ClN4O2. The lowest BCUT2D eigenvalue weighted by Gasteiger charge is -2.17. The number of anilines is 4. The lowest BCUT2D eigenvalue weighted by molar-refractivity contribution is 0.281. The fraction of sp³-hybridized carbons (Fsp3) is 0.116. The van der Waals surface area contributed by atoms with Crippen LogP contribution < -0.4 is 20.1 Å². The van der Waals surface area contributed by atoms with Crippen molar-refractivity contribution in [3.05, 3.63) is 146 Å². The van der Waals surface area contributed by atoms with Crippen molar-refractivity contribution >= 4 is 78.8 Å². The summed E-state index contributed by atoms with van der Waals surface area (Å²) < 4.78 is 12.6. The van der Waals surface area contributed by atoms with Gasteiger partial charge in [-0.15, -0.1) is 12.4 Å². The number of benzene rings is 6. The van der Waals surface area contributed by atoms with Gasteiger partial charge in [0.1, 0.15) is 11.5 Å². The Bertz CT molecular complexity index is 2140. The highest BCUT2D eigenvalue weighted by Gasteiger charge is 2.13. The van der Waals surface area contributed by atoms with Crippen molar-refractivity contribution in [3.63, 3.8) is 0 Å². The summed E-state index contributed by atoms with van der Waals surface area (Å²) >= 11 is 0. The van der Waals surface area contributed by atoms with Crippen LogP contribution in [-0.2, 0) is 0 Å². The first-order valence-corrected chi connectivity index (χ1v) is 16.8. The van der Waals surface area contributed by atoms with Crippen LogP contribution in [0.15, 0.2) is 146 Å². The molecule has 0 radical (unpaired) electrons. The van der Waals surface area contributed by atoms with Gasteiger partial charge in [-0.25, -0.2) is 9.97 Å². The van der Waals surface area contributed by atoms with E-state index in [0.717, 1.165) is 97.1 Å². The molecule has 50 heavy (non-hydrogen) atoms. The maximum atomic E-state index is 6.32. The van der Waals surface area contributed by atoms with Gasteiger partial charge in [-0.05, 0) is 67.8 Å². The summed E-state index contributed by atoms with van der Waals surface area (Å²) in [5.74, 6) is 1.67. The molecule has 0 aliphatic rings. The van der Waals surface area contributed by atoms with E-state index in [-0.39, 0.29) is 12.4 Å². The number of hydrogen-bond donors (Lipinski definition) is 2. The Hall–Kier alpha value is -5.85. The molecule has 0 amide bonds. The molecule has 2 heterocycles. The summed E-state index contributed by atoms with van der Waals surface area (Å²) in [7, 11) is 0. The van der Waals surface area contributed by atoms with Crippen molar-refractivity contribution in [2.24, 2.45) is 0 Å². The molecular weight excluding hydrogens is 640 g/mol. The minimum atomic E-state index is 0. The van der Waals surface area contributed by atoms with Crippen molar-refractivity contribution in [1.82, 2.24) is 9.97 Å². The Balaban J connectivity index is 0.00000392. The highest BCUT2D eigenvalue weighted by atomic mass is 35.5. The molecule has 0 aliphatic carbocycles. The quantitative estimate of drug-likeness (QED) is 0.0991. The van der Waals surface area contributed by atoms with Gasteiger partial charge in [0.15, 0.2) is 0 Å². The summed E-state index contributed by atoms with van der Waals surface area (Å²) in [6, 6.07) is 49.2. The molecule has 0 unspecified atom stereocenters. The van der Waals surface area contributed by atoms with E-state index >= 15 is 0 Å². The van der Waals surface area contributed by atoms with Crippen LogP contribution in [0.5, 0.6) is 11.5 Å². The SMILES string of the molecule is Cl.c1ccc(OCCCCCOc2ccccc2Nc2c3ccccc3nc3ccccc23)c(Nc2c3ccccc3nc3ccccc23)c1. The van der Waals surface area contributed by atoms with Crippen molar-refractivity contribution in [2.45, 2.75) is 19.3 Å². The van der Waals surface area contributed by atoms with Gasteiger partial charge in [-0.1, -0.05) is 97.1 Å². The van der Waals surface area contributed by atoms with Crippen LogP contribution in [0.25, 0.3) is 43.6 Å². The van der Waals surface area contributed by atoms with Gasteiger partial charge in [0.05, 0.1) is 58.0 Å². The zero-order chi connectivity index (χ0) is 32.8. The van der Waals surface area contributed by atoms with Crippen LogP contribution in [0, 0.1) is 0 Å². The van der Waals surface area contributed by atoms with Gasteiger partial charge in [0.25, 0.3) is 0 Å².